The number of benzene rings is 2. The van der Waals surface area contributed by atoms with Gasteiger partial charge in [0, 0.05) is 25.2 Å². The van der Waals surface area contributed by atoms with Gasteiger partial charge in [-0.1, -0.05) is 30.3 Å². The van der Waals surface area contributed by atoms with Gasteiger partial charge in [-0.25, -0.2) is 4.79 Å². The van der Waals surface area contributed by atoms with E-state index in [2.05, 4.69) is 5.32 Å². The van der Waals surface area contributed by atoms with Gasteiger partial charge >= 0.3 is 5.97 Å². The predicted octanol–water partition coefficient (Wildman–Crippen LogP) is 2.18. The van der Waals surface area contributed by atoms with Gasteiger partial charge < -0.3 is 24.5 Å². The van der Waals surface area contributed by atoms with Crippen molar-refractivity contribution in [2.75, 3.05) is 6.79 Å². The fourth-order valence-corrected chi connectivity index (χ4v) is 3.49. The lowest BCUT2D eigenvalue weighted by molar-refractivity contribution is -0.139. The maximum Gasteiger partial charge on any atom is 0.326 e. The van der Waals surface area contributed by atoms with E-state index < -0.39 is 23.3 Å². The van der Waals surface area contributed by atoms with Crippen molar-refractivity contribution in [2.45, 2.75) is 25.9 Å². The zero-order valence-electron chi connectivity index (χ0n) is 16.3. The second-order valence-corrected chi connectivity index (χ2v) is 6.93. The van der Waals surface area contributed by atoms with E-state index in [1.54, 1.807) is 41.0 Å². The third-order valence-corrected chi connectivity index (χ3v) is 5.05. The average Bonchev–Trinajstić information content (AvgIpc) is 3.20. The van der Waals surface area contributed by atoms with Gasteiger partial charge in [-0.05, 0) is 18.6 Å². The standard InChI is InChI=1S/C22H20N2O6/c1-2-24-11-15(20(25)14-9-18-19(10-17(14)24)30-12-29-18)21(26)23-16(22(27)28)8-13-6-4-3-5-7-13/h3-7,9-11,16H,2,8,12H2,1H3,(H,23,26)(H,27,28). The molecule has 1 aliphatic heterocycles. The Kier molecular flexibility index (Phi) is 5.14. The number of carboxylic acids is 1. The topological polar surface area (TPSA) is 107 Å². The molecule has 154 valence electrons. The Labute approximate surface area is 171 Å². The first-order valence-corrected chi connectivity index (χ1v) is 9.52. The summed E-state index contributed by atoms with van der Waals surface area (Å²) >= 11 is 0. The Morgan fingerprint density at radius 2 is 1.87 bits per heavy atom. The Morgan fingerprint density at radius 1 is 1.17 bits per heavy atom. The molecule has 1 aliphatic rings. The molecule has 4 rings (SSSR count). The van der Waals surface area contributed by atoms with E-state index in [-0.39, 0.29) is 18.8 Å². The fraction of sp³-hybridized carbons (Fsp3) is 0.227. The van der Waals surface area contributed by atoms with E-state index in [9.17, 15) is 19.5 Å². The van der Waals surface area contributed by atoms with Crippen LogP contribution in [0.5, 0.6) is 11.5 Å². The summed E-state index contributed by atoms with van der Waals surface area (Å²) in [4.78, 5) is 37.6. The van der Waals surface area contributed by atoms with Crippen LogP contribution in [0.3, 0.4) is 0 Å². The maximum atomic E-state index is 13.0. The monoisotopic (exact) mass is 408 g/mol. The van der Waals surface area contributed by atoms with Gasteiger partial charge in [-0.15, -0.1) is 0 Å². The zero-order valence-corrected chi connectivity index (χ0v) is 16.3. The first-order valence-electron chi connectivity index (χ1n) is 9.52. The highest BCUT2D eigenvalue weighted by Gasteiger charge is 2.25. The predicted molar refractivity (Wildman–Crippen MR) is 109 cm³/mol. The van der Waals surface area contributed by atoms with Crippen LogP contribution in [0, 0.1) is 0 Å². The van der Waals surface area contributed by atoms with Crippen LogP contribution < -0.4 is 20.2 Å². The summed E-state index contributed by atoms with van der Waals surface area (Å²) in [6.07, 6.45) is 1.56. The number of carbonyl (C=O) groups is 2. The van der Waals surface area contributed by atoms with Gasteiger partial charge in [0.1, 0.15) is 11.6 Å². The van der Waals surface area contributed by atoms with Crippen LogP contribution in [-0.2, 0) is 17.8 Å². The summed E-state index contributed by atoms with van der Waals surface area (Å²) in [6.45, 7) is 2.45. The number of nitrogens with one attached hydrogen (secondary N) is 1. The molecule has 0 radical (unpaired) electrons. The molecule has 2 heterocycles. The number of aliphatic carboxylic acids is 1. The first kappa shape index (κ1) is 19.5. The molecular weight excluding hydrogens is 388 g/mol. The number of nitrogens with zero attached hydrogens (tertiary/aromatic N) is 1. The van der Waals surface area contributed by atoms with Gasteiger partial charge in [0.15, 0.2) is 11.5 Å². The van der Waals surface area contributed by atoms with Crippen LogP contribution in [0.15, 0.2) is 53.5 Å². The minimum absolute atomic E-state index is 0.0685. The summed E-state index contributed by atoms with van der Waals surface area (Å²) < 4.78 is 12.5. The number of pyridine rings is 1. The lowest BCUT2D eigenvalue weighted by Crippen LogP contribution is -2.43. The van der Waals surface area contributed by atoms with Gasteiger partial charge in [0.05, 0.1) is 10.9 Å². The van der Waals surface area contributed by atoms with Crippen LogP contribution >= 0.6 is 0 Å². The molecule has 3 aromatic rings. The second kappa shape index (κ2) is 7.90. The van der Waals surface area contributed by atoms with E-state index in [0.717, 1.165) is 5.56 Å². The number of aryl methyl sites for hydroxylation is 1. The maximum absolute atomic E-state index is 13.0. The van der Waals surface area contributed by atoms with Crippen LogP contribution in [0.25, 0.3) is 10.9 Å². The molecule has 30 heavy (non-hydrogen) atoms. The van der Waals surface area contributed by atoms with Crippen molar-refractivity contribution in [3.05, 3.63) is 70.0 Å². The summed E-state index contributed by atoms with van der Waals surface area (Å²) in [5.41, 5.74) is 0.765. The van der Waals surface area contributed by atoms with Crippen molar-refractivity contribution in [3.63, 3.8) is 0 Å². The number of carbonyl (C=O) groups excluding carboxylic acids is 1. The molecule has 8 heteroatoms. The normalized spacial score (nSPS) is 13.2. The fourth-order valence-electron chi connectivity index (χ4n) is 3.49. The van der Waals surface area contributed by atoms with Crippen molar-refractivity contribution in [2.24, 2.45) is 0 Å². The van der Waals surface area contributed by atoms with Crippen LogP contribution in [0.2, 0.25) is 0 Å². The largest absolute Gasteiger partial charge is 0.480 e. The molecule has 1 unspecified atom stereocenters. The number of amides is 1. The van der Waals surface area contributed by atoms with Crippen molar-refractivity contribution in [3.8, 4) is 11.5 Å². The van der Waals surface area contributed by atoms with Gasteiger partial charge in [-0.3, -0.25) is 9.59 Å². The molecule has 0 bridgehead atoms. The average molecular weight is 408 g/mol. The van der Waals surface area contributed by atoms with Crippen molar-refractivity contribution in [1.82, 2.24) is 9.88 Å². The third-order valence-electron chi connectivity index (χ3n) is 5.05. The third kappa shape index (κ3) is 3.59. The number of aromatic nitrogens is 1. The molecule has 1 aromatic heterocycles. The molecule has 0 aliphatic carbocycles. The highest BCUT2D eigenvalue weighted by Crippen LogP contribution is 2.35. The van der Waals surface area contributed by atoms with Crippen molar-refractivity contribution >= 4 is 22.8 Å². The summed E-state index contributed by atoms with van der Waals surface area (Å²) in [7, 11) is 0. The van der Waals surface area contributed by atoms with Crippen molar-refractivity contribution in [1.29, 1.82) is 0 Å². The van der Waals surface area contributed by atoms with Gasteiger partial charge in [0.2, 0.25) is 12.2 Å². The SMILES string of the molecule is CCn1cc(C(=O)NC(Cc2ccccc2)C(=O)O)c(=O)c2cc3c(cc21)OCO3. The van der Waals surface area contributed by atoms with E-state index >= 15 is 0 Å². The Hall–Kier alpha value is -3.81. The Bertz CT molecular complexity index is 1190. The van der Waals surface area contributed by atoms with Crippen LogP contribution in [-0.4, -0.2) is 34.4 Å². The number of hydrogen-bond donors (Lipinski definition) is 2. The second-order valence-electron chi connectivity index (χ2n) is 6.93. The van der Waals surface area contributed by atoms with E-state index in [1.165, 1.54) is 6.20 Å². The van der Waals surface area contributed by atoms with Crippen molar-refractivity contribution < 1.29 is 24.2 Å². The molecule has 0 saturated carbocycles. The minimum Gasteiger partial charge on any atom is -0.480 e. The lowest BCUT2D eigenvalue weighted by atomic mass is 10.0. The minimum atomic E-state index is -1.17. The number of rotatable bonds is 6. The Balaban J connectivity index is 1.70. The molecule has 1 amide bonds. The number of fused-ring (bicyclic) bond motifs is 2. The van der Waals surface area contributed by atoms with Crippen LogP contribution in [0.1, 0.15) is 22.8 Å². The molecule has 0 spiro atoms. The van der Waals surface area contributed by atoms with Gasteiger partial charge in [-0.2, -0.15) is 0 Å². The number of ether oxygens (including phenoxy) is 2. The Morgan fingerprint density at radius 3 is 2.53 bits per heavy atom. The van der Waals surface area contributed by atoms with E-state index in [4.69, 9.17) is 9.47 Å². The molecule has 1 atom stereocenters. The molecule has 2 N–H and O–H groups in total. The summed E-state index contributed by atoms with van der Waals surface area (Å²) in [6, 6.07) is 11.1. The van der Waals surface area contributed by atoms with Crippen LogP contribution in [0.4, 0.5) is 0 Å². The van der Waals surface area contributed by atoms with Gasteiger partial charge in [0.25, 0.3) is 5.91 Å². The quantitative estimate of drug-likeness (QED) is 0.647. The number of carboxylic acid groups (broad SMARTS) is 1. The highest BCUT2D eigenvalue weighted by molar-refractivity contribution is 5.99. The lowest BCUT2D eigenvalue weighted by Gasteiger charge is -2.16. The highest BCUT2D eigenvalue weighted by atomic mass is 16.7. The molecular formula is C22H20N2O6. The zero-order chi connectivity index (χ0) is 21.3. The molecule has 2 aromatic carbocycles. The molecule has 8 nitrogen and oxygen atoms in total. The summed E-state index contributed by atoms with van der Waals surface area (Å²) in [5, 5.41) is 12.3. The van der Waals surface area contributed by atoms with E-state index in [1.807, 2.05) is 13.0 Å². The van der Waals surface area contributed by atoms with E-state index in [0.29, 0.717) is 28.9 Å². The molecule has 0 fully saturated rings. The first-order chi connectivity index (χ1) is 14.5. The summed E-state index contributed by atoms with van der Waals surface area (Å²) in [5.74, 6) is -0.931. The number of hydrogen-bond acceptors (Lipinski definition) is 5. The molecule has 0 saturated heterocycles. The smallest absolute Gasteiger partial charge is 0.326 e.